The number of carbonyl (C=O) groups excluding carboxylic acids is 2. The molecule has 0 aliphatic heterocycles. The van der Waals surface area contributed by atoms with E-state index in [-0.39, 0.29) is 30.5 Å². The number of furan rings is 1. The van der Waals surface area contributed by atoms with Crippen molar-refractivity contribution < 1.29 is 28.0 Å². The second-order valence-corrected chi connectivity index (χ2v) is 7.05. The number of esters is 1. The number of rotatable bonds is 9. The highest BCUT2D eigenvalue weighted by Crippen LogP contribution is 2.21. The van der Waals surface area contributed by atoms with Crippen LogP contribution in [0.3, 0.4) is 0 Å². The van der Waals surface area contributed by atoms with Crippen LogP contribution in [0.5, 0.6) is 5.75 Å². The van der Waals surface area contributed by atoms with Gasteiger partial charge in [0, 0.05) is 12.0 Å². The number of aromatic nitrogens is 2. The van der Waals surface area contributed by atoms with Crippen molar-refractivity contribution >= 4 is 11.9 Å². The number of nitrogens with zero attached hydrogens (tertiary/aromatic N) is 2. The van der Waals surface area contributed by atoms with Crippen molar-refractivity contribution in [1.82, 2.24) is 15.5 Å². The first-order valence-corrected chi connectivity index (χ1v) is 10.1. The van der Waals surface area contributed by atoms with Crippen molar-refractivity contribution in [3.05, 3.63) is 90.1 Å². The largest absolute Gasteiger partial charge is 0.497 e. The van der Waals surface area contributed by atoms with Crippen molar-refractivity contribution in [2.24, 2.45) is 0 Å². The van der Waals surface area contributed by atoms with Crippen molar-refractivity contribution in [2.75, 3.05) is 7.11 Å². The molecule has 4 aromatic rings. The summed E-state index contributed by atoms with van der Waals surface area (Å²) < 4.78 is 20.9. The van der Waals surface area contributed by atoms with Gasteiger partial charge in [0.2, 0.25) is 5.82 Å². The molecule has 0 fully saturated rings. The number of hydrogen-bond donors (Lipinski definition) is 1. The maximum Gasteiger partial charge on any atom is 0.329 e. The average molecular weight is 447 g/mol. The highest BCUT2D eigenvalue weighted by molar-refractivity contribution is 5.94. The zero-order chi connectivity index (χ0) is 23.0. The molecule has 9 heteroatoms. The highest BCUT2D eigenvalue weighted by Gasteiger charge is 2.25. The van der Waals surface area contributed by atoms with Gasteiger partial charge in [-0.2, -0.15) is 4.98 Å². The fraction of sp³-hybridized carbons (Fsp3) is 0.167. The first kappa shape index (κ1) is 21.8. The summed E-state index contributed by atoms with van der Waals surface area (Å²) in [6.07, 6.45) is 1.63. The number of ether oxygens (including phenoxy) is 2. The lowest BCUT2D eigenvalue weighted by Crippen LogP contribution is -2.43. The maximum atomic E-state index is 12.8. The fourth-order valence-electron chi connectivity index (χ4n) is 3.08. The van der Waals surface area contributed by atoms with Crippen molar-refractivity contribution in [1.29, 1.82) is 0 Å². The molecule has 0 aliphatic rings. The predicted molar refractivity (Wildman–Crippen MR) is 116 cm³/mol. The standard InChI is InChI=1S/C24H21N3O6/c1-30-18-11-9-17(10-12-18)23-26-21(27-33-23)15-32-24(29)19(14-16-6-3-2-4-7-16)25-22(28)20-8-5-13-31-20/h2-13,19H,14-15H2,1H3,(H,25,28)/t19-/m0/s1. The molecule has 33 heavy (non-hydrogen) atoms. The van der Waals surface area contributed by atoms with Crippen molar-refractivity contribution in [2.45, 2.75) is 19.1 Å². The topological polar surface area (TPSA) is 117 Å². The number of carbonyl (C=O) groups is 2. The van der Waals surface area contributed by atoms with Gasteiger partial charge in [-0.1, -0.05) is 35.5 Å². The van der Waals surface area contributed by atoms with Gasteiger partial charge in [-0.05, 0) is 42.0 Å². The van der Waals surface area contributed by atoms with Crippen molar-refractivity contribution in [3.63, 3.8) is 0 Å². The van der Waals surface area contributed by atoms with Crippen LogP contribution in [-0.4, -0.2) is 35.2 Å². The van der Waals surface area contributed by atoms with Crippen molar-refractivity contribution in [3.8, 4) is 17.2 Å². The quantitative estimate of drug-likeness (QED) is 0.388. The molecule has 1 amide bonds. The van der Waals surface area contributed by atoms with E-state index in [1.165, 1.54) is 12.3 Å². The molecule has 0 spiro atoms. The van der Waals surface area contributed by atoms with E-state index < -0.39 is 17.9 Å². The van der Waals surface area contributed by atoms with Gasteiger partial charge in [0.25, 0.3) is 11.8 Å². The lowest BCUT2D eigenvalue weighted by atomic mass is 10.1. The second-order valence-electron chi connectivity index (χ2n) is 7.05. The average Bonchev–Trinajstić information content (AvgIpc) is 3.55. The third-order valence-corrected chi connectivity index (χ3v) is 4.77. The van der Waals surface area contributed by atoms with Gasteiger partial charge in [-0.25, -0.2) is 4.79 Å². The van der Waals surface area contributed by atoms with Crippen LogP contribution in [-0.2, 0) is 22.6 Å². The molecule has 2 aromatic heterocycles. The molecule has 4 rings (SSSR count). The van der Waals surface area contributed by atoms with Crippen LogP contribution in [0.4, 0.5) is 0 Å². The molecule has 9 nitrogen and oxygen atoms in total. The van der Waals surface area contributed by atoms with Crippen LogP contribution in [0.2, 0.25) is 0 Å². The molecule has 168 valence electrons. The van der Waals surface area contributed by atoms with E-state index in [0.717, 1.165) is 5.56 Å². The van der Waals surface area contributed by atoms with Gasteiger partial charge in [0.15, 0.2) is 12.4 Å². The Labute approximate surface area is 189 Å². The molecule has 2 heterocycles. The number of amides is 1. The van der Waals surface area contributed by atoms with E-state index in [0.29, 0.717) is 11.3 Å². The van der Waals surface area contributed by atoms with E-state index in [1.54, 1.807) is 37.4 Å². The summed E-state index contributed by atoms with van der Waals surface area (Å²) in [5.41, 5.74) is 1.56. The van der Waals surface area contributed by atoms with Crippen LogP contribution < -0.4 is 10.1 Å². The van der Waals surface area contributed by atoms with Crippen LogP contribution in [0.1, 0.15) is 21.9 Å². The predicted octanol–water partition coefficient (Wildman–Crippen LogP) is 3.42. The Hall–Kier alpha value is -4.40. The molecule has 0 saturated heterocycles. The number of nitrogens with one attached hydrogen (secondary N) is 1. The Bertz CT molecular complexity index is 1190. The monoisotopic (exact) mass is 447 g/mol. The zero-order valence-electron chi connectivity index (χ0n) is 17.8. The molecule has 1 atom stereocenters. The summed E-state index contributed by atoms with van der Waals surface area (Å²) in [6.45, 7) is -0.208. The summed E-state index contributed by atoms with van der Waals surface area (Å²) in [5, 5.41) is 6.52. The van der Waals surface area contributed by atoms with E-state index in [4.69, 9.17) is 18.4 Å². The minimum Gasteiger partial charge on any atom is -0.497 e. The Morgan fingerprint density at radius 1 is 1.03 bits per heavy atom. The SMILES string of the molecule is COc1ccc(-c2nc(COC(=O)[C@H](Cc3ccccc3)NC(=O)c3ccco3)no2)cc1. The van der Waals surface area contributed by atoms with E-state index in [2.05, 4.69) is 15.5 Å². The van der Waals surface area contributed by atoms with E-state index in [1.807, 2.05) is 30.3 Å². The third-order valence-electron chi connectivity index (χ3n) is 4.77. The van der Waals surface area contributed by atoms with Gasteiger partial charge >= 0.3 is 5.97 Å². The molecule has 0 bridgehead atoms. The van der Waals surface area contributed by atoms with Gasteiger partial charge in [-0.15, -0.1) is 0 Å². The lowest BCUT2D eigenvalue weighted by Gasteiger charge is -2.16. The minimum absolute atomic E-state index is 0.100. The van der Waals surface area contributed by atoms with Gasteiger partial charge in [0.1, 0.15) is 11.8 Å². The molecule has 0 radical (unpaired) electrons. The summed E-state index contributed by atoms with van der Waals surface area (Å²) >= 11 is 0. The van der Waals surface area contributed by atoms with Gasteiger partial charge in [0.05, 0.1) is 13.4 Å². The normalized spacial score (nSPS) is 11.5. The molecule has 2 aromatic carbocycles. The highest BCUT2D eigenvalue weighted by atomic mass is 16.5. The van der Waals surface area contributed by atoms with Crippen LogP contribution >= 0.6 is 0 Å². The van der Waals surface area contributed by atoms with Crippen LogP contribution in [0.25, 0.3) is 11.5 Å². The molecular weight excluding hydrogens is 426 g/mol. The third kappa shape index (κ3) is 5.65. The molecule has 0 saturated carbocycles. The second kappa shape index (κ2) is 10.3. The van der Waals surface area contributed by atoms with Gasteiger partial charge < -0.3 is 23.7 Å². The molecular formula is C24H21N3O6. The Kier molecular flexibility index (Phi) is 6.79. The number of benzene rings is 2. The number of methoxy groups -OCH3 is 1. The van der Waals surface area contributed by atoms with E-state index >= 15 is 0 Å². The van der Waals surface area contributed by atoms with Crippen LogP contribution in [0, 0.1) is 0 Å². The first-order chi connectivity index (χ1) is 16.1. The lowest BCUT2D eigenvalue weighted by molar-refractivity contribution is -0.147. The Balaban J connectivity index is 1.41. The zero-order valence-corrected chi connectivity index (χ0v) is 17.8. The maximum absolute atomic E-state index is 12.8. The fourth-order valence-corrected chi connectivity index (χ4v) is 3.08. The molecule has 0 unspecified atom stereocenters. The van der Waals surface area contributed by atoms with Gasteiger partial charge in [-0.3, -0.25) is 4.79 Å². The molecule has 1 N–H and O–H groups in total. The Morgan fingerprint density at radius 2 is 1.82 bits per heavy atom. The summed E-state index contributed by atoms with van der Waals surface area (Å²) in [6, 6.07) is 18.6. The number of hydrogen-bond acceptors (Lipinski definition) is 8. The summed E-state index contributed by atoms with van der Waals surface area (Å²) in [4.78, 5) is 29.5. The molecule has 0 aliphatic carbocycles. The summed E-state index contributed by atoms with van der Waals surface area (Å²) in [5.74, 6) is 0.145. The summed E-state index contributed by atoms with van der Waals surface area (Å²) in [7, 11) is 1.58. The van der Waals surface area contributed by atoms with Crippen LogP contribution in [0.15, 0.2) is 81.9 Å². The minimum atomic E-state index is -0.932. The smallest absolute Gasteiger partial charge is 0.329 e. The first-order valence-electron chi connectivity index (χ1n) is 10.1. The van der Waals surface area contributed by atoms with E-state index in [9.17, 15) is 9.59 Å². The Morgan fingerprint density at radius 3 is 2.52 bits per heavy atom.